The number of hydrogen-bond donors (Lipinski definition) is 0. The largest absolute Gasteiger partial charge is 0.496 e. The molecule has 0 radical (unpaired) electrons. The highest BCUT2D eigenvalue weighted by molar-refractivity contribution is 7.13. The molecule has 1 heterocycles. The van der Waals surface area contributed by atoms with Gasteiger partial charge in [-0.25, -0.2) is 4.98 Å². The van der Waals surface area contributed by atoms with Gasteiger partial charge < -0.3 is 4.74 Å². The molecule has 2 aromatic rings. The van der Waals surface area contributed by atoms with E-state index in [4.69, 9.17) is 9.72 Å². The molecule has 0 aliphatic heterocycles. The van der Waals surface area contributed by atoms with Crippen LogP contribution in [0.5, 0.6) is 5.75 Å². The van der Waals surface area contributed by atoms with Gasteiger partial charge in [-0.1, -0.05) is 26.0 Å². The molecule has 21 heavy (non-hydrogen) atoms. The summed E-state index contributed by atoms with van der Waals surface area (Å²) in [5.41, 5.74) is 2.23. The van der Waals surface area contributed by atoms with Crippen molar-refractivity contribution >= 4 is 11.3 Å². The molecule has 2 rings (SSSR count). The maximum Gasteiger partial charge on any atom is 0.129 e. The minimum atomic E-state index is 0.886. The summed E-state index contributed by atoms with van der Waals surface area (Å²) >= 11 is 1.69. The lowest BCUT2D eigenvalue weighted by atomic mass is 10.2. The first-order valence-electron chi connectivity index (χ1n) is 7.58. The van der Waals surface area contributed by atoms with Crippen LogP contribution in [0.3, 0.4) is 0 Å². The van der Waals surface area contributed by atoms with E-state index in [-0.39, 0.29) is 0 Å². The van der Waals surface area contributed by atoms with Crippen molar-refractivity contribution in [3.8, 4) is 16.3 Å². The van der Waals surface area contributed by atoms with Crippen molar-refractivity contribution in [3.05, 3.63) is 35.3 Å². The van der Waals surface area contributed by atoms with E-state index in [0.717, 1.165) is 41.6 Å². The third kappa shape index (κ3) is 4.29. The number of nitrogens with zero attached hydrogens (tertiary/aromatic N) is 2. The van der Waals surface area contributed by atoms with E-state index in [1.54, 1.807) is 18.4 Å². The molecule has 0 bridgehead atoms. The summed E-state index contributed by atoms with van der Waals surface area (Å²) in [5, 5.41) is 3.20. The third-order valence-electron chi connectivity index (χ3n) is 3.35. The van der Waals surface area contributed by atoms with Crippen molar-refractivity contribution in [2.24, 2.45) is 0 Å². The van der Waals surface area contributed by atoms with Gasteiger partial charge in [-0.3, -0.25) is 4.90 Å². The molecule has 0 amide bonds. The van der Waals surface area contributed by atoms with Crippen LogP contribution >= 0.6 is 11.3 Å². The number of methoxy groups -OCH3 is 1. The third-order valence-corrected chi connectivity index (χ3v) is 4.28. The molecule has 0 aliphatic carbocycles. The molecule has 1 aromatic carbocycles. The summed E-state index contributed by atoms with van der Waals surface area (Å²) in [6.07, 6.45) is 2.37. The molecule has 114 valence electrons. The van der Waals surface area contributed by atoms with Gasteiger partial charge in [0.1, 0.15) is 10.8 Å². The van der Waals surface area contributed by atoms with Crippen LogP contribution in [0.15, 0.2) is 29.6 Å². The van der Waals surface area contributed by atoms with Gasteiger partial charge in [0.05, 0.1) is 18.4 Å². The molecule has 0 unspecified atom stereocenters. The fourth-order valence-corrected chi connectivity index (χ4v) is 3.30. The number of benzene rings is 1. The number of ether oxygens (including phenoxy) is 1. The monoisotopic (exact) mass is 304 g/mol. The van der Waals surface area contributed by atoms with Crippen molar-refractivity contribution < 1.29 is 4.74 Å². The van der Waals surface area contributed by atoms with Gasteiger partial charge >= 0.3 is 0 Å². The van der Waals surface area contributed by atoms with E-state index in [0.29, 0.717) is 0 Å². The fourth-order valence-electron chi connectivity index (χ4n) is 2.46. The standard InChI is InChI=1S/C17H24N2OS/c1-4-10-19(11-5-2)12-14-13-21-17(18-14)15-8-6-7-9-16(15)20-3/h6-9,13H,4-5,10-12H2,1-3H3. The van der Waals surface area contributed by atoms with Crippen LogP contribution in [0.2, 0.25) is 0 Å². The Bertz CT molecular complexity index is 547. The highest BCUT2D eigenvalue weighted by Gasteiger charge is 2.11. The number of hydrogen-bond acceptors (Lipinski definition) is 4. The average Bonchev–Trinajstić information content (AvgIpc) is 2.96. The second-order valence-corrected chi connectivity index (χ2v) is 5.98. The molecule has 0 aliphatic rings. The Hall–Kier alpha value is -1.39. The van der Waals surface area contributed by atoms with Gasteiger partial charge in [0.15, 0.2) is 0 Å². The van der Waals surface area contributed by atoms with Gasteiger partial charge in [-0.05, 0) is 38.1 Å². The summed E-state index contributed by atoms with van der Waals surface area (Å²) in [4.78, 5) is 7.26. The van der Waals surface area contributed by atoms with Gasteiger partial charge in [-0.2, -0.15) is 0 Å². The number of aromatic nitrogens is 1. The molecule has 0 saturated carbocycles. The van der Waals surface area contributed by atoms with Crippen LogP contribution in [-0.4, -0.2) is 30.1 Å². The van der Waals surface area contributed by atoms with Crippen molar-refractivity contribution in [1.82, 2.24) is 9.88 Å². The summed E-state index contributed by atoms with van der Waals surface area (Å²) in [6.45, 7) is 7.66. The van der Waals surface area contributed by atoms with E-state index in [9.17, 15) is 0 Å². The fraction of sp³-hybridized carbons (Fsp3) is 0.471. The van der Waals surface area contributed by atoms with Crippen molar-refractivity contribution in [3.63, 3.8) is 0 Å². The summed E-state index contributed by atoms with van der Waals surface area (Å²) in [6, 6.07) is 8.06. The Kier molecular flexibility index (Phi) is 6.21. The first-order chi connectivity index (χ1) is 10.3. The zero-order valence-corrected chi connectivity index (χ0v) is 13.9. The minimum Gasteiger partial charge on any atom is -0.496 e. The molecular formula is C17H24N2OS. The minimum absolute atomic E-state index is 0.886. The zero-order valence-electron chi connectivity index (χ0n) is 13.1. The Morgan fingerprint density at radius 1 is 1.14 bits per heavy atom. The van der Waals surface area contributed by atoms with Gasteiger partial charge in [0, 0.05) is 11.9 Å². The first-order valence-corrected chi connectivity index (χ1v) is 8.46. The predicted octanol–water partition coefficient (Wildman–Crippen LogP) is 4.44. The van der Waals surface area contributed by atoms with E-state index in [1.807, 2.05) is 18.2 Å². The first kappa shape index (κ1) is 16.0. The van der Waals surface area contributed by atoms with E-state index in [2.05, 4.69) is 30.2 Å². The van der Waals surface area contributed by atoms with Crippen molar-refractivity contribution in [2.45, 2.75) is 33.2 Å². The van der Waals surface area contributed by atoms with Crippen LogP contribution < -0.4 is 4.74 Å². The average molecular weight is 304 g/mol. The van der Waals surface area contributed by atoms with E-state index >= 15 is 0 Å². The van der Waals surface area contributed by atoms with Crippen molar-refractivity contribution in [1.29, 1.82) is 0 Å². The lowest BCUT2D eigenvalue weighted by Crippen LogP contribution is -2.25. The molecule has 0 N–H and O–H groups in total. The van der Waals surface area contributed by atoms with Crippen molar-refractivity contribution in [2.75, 3.05) is 20.2 Å². The molecule has 3 nitrogen and oxygen atoms in total. The maximum absolute atomic E-state index is 5.42. The summed E-state index contributed by atoms with van der Waals surface area (Å²) < 4.78 is 5.42. The Morgan fingerprint density at radius 2 is 1.86 bits per heavy atom. The van der Waals surface area contributed by atoms with Crippen LogP contribution in [0.1, 0.15) is 32.4 Å². The quantitative estimate of drug-likeness (QED) is 0.721. The van der Waals surface area contributed by atoms with Crippen LogP contribution in [-0.2, 0) is 6.54 Å². The smallest absolute Gasteiger partial charge is 0.129 e. The SMILES string of the molecule is CCCN(CCC)Cc1csc(-c2ccccc2OC)n1. The number of rotatable bonds is 8. The van der Waals surface area contributed by atoms with Gasteiger partial charge in [-0.15, -0.1) is 11.3 Å². The van der Waals surface area contributed by atoms with Gasteiger partial charge in [0.2, 0.25) is 0 Å². The second kappa shape index (κ2) is 8.15. The van der Waals surface area contributed by atoms with Crippen LogP contribution in [0.25, 0.3) is 10.6 Å². The normalized spacial score (nSPS) is 11.0. The number of thiazole rings is 1. The predicted molar refractivity (Wildman–Crippen MR) is 90.0 cm³/mol. The Labute approximate surface area is 131 Å². The molecule has 4 heteroatoms. The molecule has 0 saturated heterocycles. The molecule has 0 atom stereocenters. The zero-order chi connectivity index (χ0) is 15.1. The Morgan fingerprint density at radius 3 is 2.52 bits per heavy atom. The molecule has 0 spiro atoms. The Balaban J connectivity index is 2.13. The van der Waals surface area contributed by atoms with Gasteiger partial charge in [0.25, 0.3) is 0 Å². The molecule has 1 aromatic heterocycles. The summed E-state index contributed by atoms with van der Waals surface area (Å²) in [7, 11) is 1.71. The number of para-hydroxylation sites is 1. The maximum atomic E-state index is 5.42. The highest BCUT2D eigenvalue weighted by Crippen LogP contribution is 2.32. The highest BCUT2D eigenvalue weighted by atomic mass is 32.1. The lowest BCUT2D eigenvalue weighted by Gasteiger charge is -2.19. The summed E-state index contributed by atoms with van der Waals surface area (Å²) in [5.74, 6) is 0.886. The van der Waals surface area contributed by atoms with E-state index in [1.165, 1.54) is 12.8 Å². The van der Waals surface area contributed by atoms with E-state index < -0.39 is 0 Å². The molecule has 0 fully saturated rings. The molecular weight excluding hydrogens is 280 g/mol. The second-order valence-electron chi connectivity index (χ2n) is 5.12. The van der Waals surface area contributed by atoms with Crippen LogP contribution in [0.4, 0.5) is 0 Å². The van der Waals surface area contributed by atoms with Crippen LogP contribution in [0, 0.1) is 0 Å². The lowest BCUT2D eigenvalue weighted by molar-refractivity contribution is 0.264. The topological polar surface area (TPSA) is 25.4 Å².